The van der Waals surface area contributed by atoms with Gasteiger partial charge in [-0.15, -0.1) is 0 Å². The van der Waals surface area contributed by atoms with Gasteiger partial charge in [0.1, 0.15) is 5.60 Å². The molecule has 3 N–H and O–H groups in total. The van der Waals surface area contributed by atoms with Gasteiger partial charge in [0.2, 0.25) is 0 Å². The molecule has 1 fully saturated rings. The molecule has 0 aliphatic carbocycles. The molecule has 0 aromatic heterocycles. The first kappa shape index (κ1) is 21.2. The zero-order chi connectivity index (χ0) is 18.2. The van der Waals surface area contributed by atoms with Crippen molar-refractivity contribution in [1.29, 1.82) is 0 Å². The predicted molar refractivity (Wildman–Crippen MR) is 91.8 cm³/mol. The Hall–Kier alpha value is -0.890. The van der Waals surface area contributed by atoms with Gasteiger partial charge >= 0.3 is 6.09 Å². The van der Waals surface area contributed by atoms with E-state index in [0.717, 1.165) is 12.8 Å². The number of piperidine rings is 1. The van der Waals surface area contributed by atoms with E-state index in [4.69, 9.17) is 19.9 Å². The molecule has 24 heavy (non-hydrogen) atoms. The summed E-state index contributed by atoms with van der Waals surface area (Å²) in [5, 5.41) is 10.3. The van der Waals surface area contributed by atoms with E-state index < -0.39 is 11.7 Å². The lowest BCUT2D eigenvalue weighted by Crippen LogP contribution is -2.52. The maximum atomic E-state index is 12.3. The van der Waals surface area contributed by atoms with E-state index in [-0.39, 0.29) is 18.1 Å². The highest BCUT2D eigenvalue weighted by Crippen LogP contribution is 2.34. The summed E-state index contributed by atoms with van der Waals surface area (Å²) in [6.07, 6.45) is 1.33. The van der Waals surface area contributed by atoms with Crippen LogP contribution in [-0.4, -0.2) is 74.4 Å². The molecular weight excluding hydrogens is 312 g/mol. The van der Waals surface area contributed by atoms with Gasteiger partial charge in [0.25, 0.3) is 0 Å². The van der Waals surface area contributed by atoms with Gasteiger partial charge in [0.05, 0.1) is 25.9 Å². The molecule has 1 amide bonds. The Labute approximate surface area is 145 Å². The van der Waals surface area contributed by atoms with E-state index in [1.807, 2.05) is 20.8 Å². The van der Waals surface area contributed by atoms with Gasteiger partial charge < -0.3 is 30.0 Å². The quantitative estimate of drug-likeness (QED) is 0.645. The van der Waals surface area contributed by atoms with Crippen LogP contribution in [0.5, 0.6) is 0 Å². The monoisotopic (exact) mass is 346 g/mol. The SMILES string of the molecule is COCCOCC(O)CC1(CN)CCCN(C(=O)OC(C)(C)C)C1. The molecule has 0 aromatic carbocycles. The molecule has 1 aliphatic rings. The van der Waals surface area contributed by atoms with E-state index in [1.165, 1.54) is 0 Å². The third kappa shape index (κ3) is 7.34. The van der Waals surface area contributed by atoms with Crippen molar-refractivity contribution in [2.75, 3.05) is 46.6 Å². The molecule has 7 heteroatoms. The Morgan fingerprint density at radius 2 is 2.08 bits per heavy atom. The fourth-order valence-electron chi connectivity index (χ4n) is 3.03. The zero-order valence-corrected chi connectivity index (χ0v) is 15.5. The number of aliphatic hydroxyl groups is 1. The van der Waals surface area contributed by atoms with Crippen molar-refractivity contribution in [1.82, 2.24) is 4.90 Å². The number of rotatable bonds is 8. The maximum absolute atomic E-state index is 12.3. The minimum atomic E-state index is -0.607. The molecule has 1 saturated heterocycles. The van der Waals surface area contributed by atoms with Crippen LogP contribution in [0, 0.1) is 5.41 Å². The lowest BCUT2D eigenvalue weighted by molar-refractivity contribution is -0.0286. The lowest BCUT2D eigenvalue weighted by atomic mass is 9.75. The minimum absolute atomic E-state index is 0.248. The van der Waals surface area contributed by atoms with Crippen molar-refractivity contribution >= 4 is 6.09 Å². The molecule has 0 saturated carbocycles. The Kier molecular flexibility index (Phi) is 8.42. The first-order valence-corrected chi connectivity index (χ1v) is 8.64. The van der Waals surface area contributed by atoms with Crippen molar-refractivity contribution in [3.05, 3.63) is 0 Å². The lowest BCUT2D eigenvalue weighted by Gasteiger charge is -2.43. The van der Waals surface area contributed by atoms with Crippen LogP contribution in [0.1, 0.15) is 40.0 Å². The molecule has 1 aliphatic heterocycles. The molecule has 2 unspecified atom stereocenters. The molecule has 0 spiro atoms. The van der Waals surface area contributed by atoms with E-state index in [1.54, 1.807) is 12.0 Å². The molecule has 0 radical (unpaired) electrons. The van der Waals surface area contributed by atoms with Crippen LogP contribution in [-0.2, 0) is 14.2 Å². The zero-order valence-electron chi connectivity index (χ0n) is 15.5. The first-order chi connectivity index (χ1) is 11.2. The van der Waals surface area contributed by atoms with Crippen LogP contribution in [0.2, 0.25) is 0 Å². The second-order valence-corrected chi connectivity index (χ2v) is 7.64. The molecule has 142 valence electrons. The Morgan fingerprint density at radius 3 is 2.67 bits per heavy atom. The highest BCUT2D eigenvalue weighted by Gasteiger charge is 2.39. The number of nitrogens with zero attached hydrogens (tertiary/aromatic N) is 1. The number of methoxy groups -OCH3 is 1. The molecule has 1 heterocycles. The van der Waals surface area contributed by atoms with Crippen LogP contribution in [0.25, 0.3) is 0 Å². The van der Waals surface area contributed by atoms with Gasteiger partial charge in [-0.25, -0.2) is 4.79 Å². The minimum Gasteiger partial charge on any atom is -0.444 e. The summed E-state index contributed by atoms with van der Waals surface area (Å²) in [6.45, 7) is 8.35. The van der Waals surface area contributed by atoms with Crippen LogP contribution in [0.3, 0.4) is 0 Å². The normalized spacial score (nSPS) is 23.2. The predicted octanol–water partition coefficient (Wildman–Crippen LogP) is 1.38. The number of hydrogen-bond acceptors (Lipinski definition) is 6. The number of nitrogens with two attached hydrogens (primary N) is 1. The van der Waals surface area contributed by atoms with Gasteiger partial charge in [0, 0.05) is 25.6 Å². The summed E-state index contributed by atoms with van der Waals surface area (Å²) in [4.78, 5) is 14.0. The number of carbonyl (C=O) groups excluding carboxylic acids is 1. The Bertz CT molecular complexity index is 386. The van der Waals surface area contributed by atoms with Gasteiger partial charge in [0.15, 0.2) is 0 Å². The number of carbonyl (C=O) groups is 1. The van der Waals surface area contributed by atoms with Gasteiger partial charge in [-0.2, -0.15) is 0 Å². The number of hydrogen-bond donors (Lipinski definition) is 2. The second-order valence-electron chi connectivity index (χ2n) is 7.64. The molecule has 0 bridgehead atoms. The maximum Gasteiger partial charge on any atom is 0.410 e. The fourth-order valence-corrected chi connectivity index (χ4v) is 3.03. The van der Waals surface area contributed by atoms with E-state index in [0.29, 0.717) is 39.3 Å². The summed E-state index contributed by atoms with van der Waals surface area (Å²) in [5.74, 6) is 0. The Balaban J connectivity index is 2.57. The Morgan fingerprint density at radius 1 is 1.38 bits per heavy atom. The van der Waals surface area contributed by atoms with E-state index in [2.05, 4.69) is 0 Å². The summed E-state index contributed by atoms with van der Waals surface area (Å²) in [6, 6.07) is 0. The highest BCUT2D eigenvalue weighted by atomic mass is 16.6. The van der Waals surface area contributed by atoms with Crippen molar-refractivity contribution in [2.45, 2.75) is 51.7 Å². The summed E-state index contributed by atoms with van der Waals surface area (Å²) >= 11 is 0. The van der Waals surface area contributed by atoms with Crippen LogP contribution < -0.4 is 5.73 Å². The van der Waals surface area contributed by atoms with Crippen molar-refractivity contribution < 1.29 is 24.1 Å². The molecule has 2 atom stereocenters. The second kappa shape index (κ2) is 9.56. The highest BCUT2D eigenvalue weighted by molar-refractivity contribution is 5.68. The summed E-state index contributed by atoms with van der Waals surface area (Å²) in [5.41, 5.74) is 5.19. The number of aliphatic hydroxyl groups excluding tert-OH is 1. The largest absolute Gasteiger partial charge is 0.444 e. The van der Waals surface area contributed by atoms with E-state index >= 15 is 0 Å². The molecular formula is C17H34N2O5. The van der Waals surface area contributed by atoms with Crippen LogP contribution in [0.4, 0.5) is 4.79 Å². The van der Waals surface area contributed by atoms with Crippen molar-refractivity contribution in [3.8, 4) is 0 Å². The van der Waals surface area contributed by atoms with E-state index in [9.17, 15) is 9.90 Å². The summed E-state index contributed by atoms with van der Waals surface area (Å²) in [7, 11) is 1.61. The third-order valence-corrected chi connectivity index (χ3v) is 4.16. The standard InChI is InChI=1S/C17H34N2O5/c1-16(2,3)24-15(21)19-7-5-6-17(12-18,13-19)10-14(20)11-23-9-8-22-4/h14,20H,5-13,18H2,1-4H3. The number of ether oxygens (including phenoxy) is 3. The average molecular weight is 346 g/mol. The number of amides is 1. The first-order valence-electron chi connectivity index (χ1n) is 8.64. The summed E-state index contributed by atoms with van der Waals surface area (Å²) < 4.78 is 15.8. The van der Waals surface area contributed by atoms with Gasteiger partial charge in [-0.3, -0.25) is 0 Å². The topological polar surface area (TPSA) is 94.2 Å². The third-order valence-electron chi connectivity index (χ3n) is 4.16. The van der Waals surface area contributed by atoms with Crippen LogP contribution >= 0.6 is 0 Å². The van der Waals surface area contributed by atoms with Gasteiger partial charge in [-0.1, -0.05) is 0 Å². The van der Waals surface area contributed by atoms with Gasteiger partial charge in [-0.05, 0) is 46.6 Å². The average Bonchev–Trinajstić information content (AvgIpc) is 2.50. The fraction of sp³-hybridized carbons (Fsp3) is 0.941. The molecule has 1 rings (SSSR count). The smallest absolute Gasteiger partial charge is 0.410 e. The van der Waals surface area contributed by atoms with Crippen molar-refractivity contribution in [3.63, 3.8) is 0 Å². The molecule has 0 aromatic rings. The van der Waals surface area contributed by atoms with Crippen molar-refractivity contribution in [2.24, 2.45) is 11.1 Å². The molecule has 7 nitrogen and oxygen atoms in total. The van der Waals surface area contributed by atoms with Crippen LogP contribution in [0.15, 0.2) is 0 Å². The number of likely N-dealkylation sites (tertiary alicyclic amines) is 1.